The van der Waals surface area contributed by atoms with Crippen LogP contribution in [-0.2, 0) is 16.6 Å². The highest BCUT2D eigenvalue weighted by atomic mass is 32.2. The summed E-state index contributed by atoms with van der Waals surface area (Å²) in [6, 6.07) is 9.91. The Morgan fingerprint density at radius 2 is 2.06 bits per heavy atom. The Labute approximate surface area is 96.3 Å². The van der Waals surface area contributed by atoms with E-state index in [-0.39, 0.29) is 5.37 Å². The molecule has 1 aromatic carbocycles. The predicted octanol–water partition coefficient (Wildman–Crippen LogP) is 0.768. The smallest absolute Gasteiger partial charge is 0.229 e. The zero-order valence-electron chi connectivity index (χ0n) is 9.26. The van der Waals surface area contributed by atoms with Gasteiger partial charge in [-0.3, -0.25) is 4.90 Å². The van der Waals surface area contributed by atoms with E-state index in [1.807, 2.05) is 35.2 Å². The van der Waals surface area contributed by atoms with E-state index in [9.17, 15) is 8.42 Å². The van der Waals surface area contributed by atoms with Crippen molar-refractivity contribution in [3.63, 3.8) is 0 Å². The fourth-order valence-electron chi connectivity index (χ4n) is 1.73. The summed E-state index contributed by atoms with van der Waals surface area (Å²) in [6.07, 6.45) is 0. The van der Waals surface area contributed by atoms with E-state index < -0.39 is 10.0 Å². The van der Waals surface area contributed by atoms with E-state index in [2.05, 4.69) is 4.72 Å². The first-order valence-corrected chi connectivity index (χ1v) is 6.94. The van der Waals surface area contributed by atoms with Crippen LogP contribution in [0.2, 0.25) is 0 Å². The Morgan fingerprint density at radius 1 is 1.38 bits per heavy atom. The van der Waals surface area contributed by atoms with Crippen LogP contribution in [0.1, 0.15) is 12.5 Å². The molecule has 2 unspecified atom stereocenters. The van der Waals surface area contributed by atoms with E-state index >= 15 is 0 Å². The van der Waals surface area contributed by atoms with Crippen LogP contribution in [-0.4, -0.2) is 31.8 Å². The van der Waals surface area contributed by atoms with E-state index in [1.165, 1.54) is 0 Å². The predicted molar refractivity (Wildman–Crippen MR) is 63.2 cm³/mol. The lowest BCUT2D eigenvalue weighted by molar-refractivity contribution is 0.518. The molecule has 5 heteroatoms. The molecular formula is C11H16N2O2S. The van der Waals surface area contributed by atoms with E-state index in [4.69, 9.17) is 0 Å². The maximum atomic E-state index is 11.6. The summed E-state index contributed by atoms with van der Waals surface area (Å²) in [4.78, 5) is 1.94. The average Bonchev–Trinajstić information content (AvgIpc) is 2.99. The van der Waals surface area contributed by atoms with Gasteiger partial charge in [-0.25, -0.2) is 13.1 Å². The summed E-state index contributed by atoms with van der Waals surface area (Å²) < 4.78 is 25.8. The molecule has 0 saturated carbocycles. The monoisotopic (exact) mass is 240 g/mol. The highest BCUT2D eigenvalue weighted by Crippen LogP contribution is 2.24. The number of sulfonamides is 1. The van der Waals surface area contributed by atoms with Crippen molar-refractivity contribution in [2.45, 2.75) is 18.8 Å². The largest absolute Gasteiger partial charge is 0.278 e. The molecule has 0 bridgehead atoms. The van der Waals surface area contributed by atoms with Crippen LogP contribution in [0, 0.1) is 0 Å². The van der Waals surface area contributed by atoms with Crippen LogP contribution in [0.4, 0.5) is 0 Å². The number of rotatable bonds is 5. The van der Waals surface area contributed by atoms with Crippen LogP contribution in [0.25, 0.3) is 0 Å². The Bertz CT molecular complexity index is 444. The van der Waals surface area contributed by atoms with Crippen molar-refractivity contribution in [1.29, 1.82) is 0 Å². The molecule has 2 atom stereocenters. The first kappa shape index (κ1) is 11.6. The minimum atomic E-state index is -3.13. The molecule has 0 amide bonds. The SMILES string of the molecule is CCNS(=O)(=O)C1CN1Cc1ccccc1. The molecule has 0 aliphatic carbocycles. The molecule has 1 fully saturated rings. The van der Waals surface area contributed by atoms with Gasteiger partial charge < -0.3 is 0 Å². The zero-order chi connectivity index (χ0) is 11.6. The second kappa shape index (κ2) is 4.53. The molecule has 1 N–H and O–H groups in total. The van der Waals surface area contributed by atoms with Crippen LogP contribution in [0.3, 0.4) is 0 Å². The van der Waals surface area contributed by atoms with Gasteiger partial charge >= 0.3 is 0 Å². The Morgan fingerprint density at radius 3 is 2.69 bits per heavy atom. The summed E-state index contributed by atoms with van der Waals surface area (Å²) in [7, 11) is -3.13. The van der Waals surface area contributed by atoms with E-state index in [0.29, 0.717) is 19.6 Å². The molecule has 1 saturated heterocycles. The molecule has 1 heterocycles. The normalized spacial score (nSPS) is 24.3. The number of nitrogens with one attached hydrogen (secondary N) is 1. The molecule has 88 valence electrons. The molecule has 4 nitrogen and oxygen atoms in total. The quantitative estimate of drug-likeness (QED) is 0.773. The highest BCUT2D eigenvalue weighted by molar-refractivity contribution is 7.90. The van der Waals surface area contributed by atoms with E-state index in [0.717, 1.165) is 5.56 Å². The average molecular weight is 240 g/mol. The standard InChI is InChI=1S/C11H16N2O2S/c1-2-12-16(14,15)11-9-13(11)8-10-6-4-3-5-7-10/h3-7,11-12H,2,8-9H2,1H3. The van der Waals surface area contributed by atoms with Gasteiger partial charge in [0.05, 0.1) is 0 Å². The van der Waals surface area contributed by atoms with Gasteiger partial charge in [0.1, 0.15) is 5.37 Å². The van der Waals surface area contributed by atoms with Crippen LogP contribution < -0.4 is 4.72 Å². The lowest BCUT2D eigenvalue weighted by Gasteiger charge is -2.05. The lowest BCUT2D eigenvalue weighted by Crippen LogP contribution is -2.29. The van der Waals surface area contributed by atoms with Crippen molar-refractivity contribution < 1.29 is 8.42 Å². The van der Waals surface area contributed by atoms with Crippen LogP contribution in [0.15, 0.2) is 30.3 Å². The Kier molecular flexibility index (Phi) is 3.28. The summed E-state index contributed by atoms with van der Waals surface area (Å²) in [6.45, 7) is 3.58. The van der Waals surface area contributed by atoms with Gasteiger partial charge in [0.25, 0.3) is 0 Å². The van der Waals surface area contributed by atoms with Gasteiger partial charge in [0.2, 0.25) is 10.0 Å². The highest BCUT2D eigenvalue weighted by Gasteiger charge is 2.44. The van der Waals surface area contributed by atoms with Gasteiger partial charge in [0.15, 0.2) is 0 Å². The number of nitrogens with zero attached hydrogens (tertiary/aromatic N) is 1. The van der Waals surface area contributed by atoms with Crippen molar-refractivity contribution in [1.82, 2.24) is 9.62 Å². The zero-order valence-corrected chi connectivity index (χ0v) is 10.1. The fourth-order valence-corrected chi connectivity index (χ4v) is 3.18. The van der Waals surface area contributed by atoms with Crippen molar-refractivity contribution in [2.75, 3.05) is 13.1 Å². The van der Waals surface area contributed by atoms with Crippen LogP contribution >= 0.6 is 0 Å². The van der Waals surface area contributed by atoms with Gasteiger partial charge in [-0.1, -0.05) is 37.3 Å². The summed E-state index contributed by atoms with van der Waals surface area (Å²) in [5.74, 6) is 0. The second-order valence-electron chi connectivity index (χ2n) is 3.91. The second-order valence-corrected chi connectivity index (χ2v) is 5.84. The molecule has 1 aliphatic heterocycles. The third-order valence-electron chi connectivity index (χ3n) is 2.60. The first-order valence-electron chi connectivity index (χ1n) is 5.40. The maximum absolute atomic E-state index is 11.6. The van der Waals surface area contributed by atoms with Crippen LogP contribution in [0.5, 0.6) is 0 Å². The molecule has 0 aromatic heterocycles. The Hall–Kier alpha value is -0.910. The third kappa shape index (κ3) is 2.61. The van der Waals surface area contributed by atoms with Crippen molar-refractivity contribution >= 4 is 10.0 Å². The third-order valence-corrected chi connectivity index (χ3v) is 4.45. The van der Waals surface area contributed by atoms with E-state index in [1.54, 1.807) is 6.92 Å². The first-order chi connectivity index (χ1) is 7.63. The molecule has 2 rings (SSSR count). The molecule has 1 aliphatic rings. The summed E-state index contributed by atoms with van der Waals surface area (Å²) >= 11 is 0. The summed E-state index contributed by atoms with van der Waals surface area (Å²) in [5.41, 5.74) is 1.15. The van der Waals surface area contributed by atoms with Gasteiger partial charge in [-0.2, -0.15) is 0 Å². The lowest BCUT2D eigenvalue weighted by atomic mass is 10.2. The topological polar surface area (TPSA) is 49.2 Å². The molecular weight excluding hydrogens is 224 g/mol. The summed E-state index contributed by atoms with van der Waals surface area (Å²) in [5, 5.41) is -0.340. The van der Waals surface area contributed by atoms with Crippen molar-refractivity contribution in [3.8, 4) is 0 Å². The molecule has 0 radical (unpaired) electrons. The number of benzene rings is 1. The maximum Gasteiger partial charge on any atom is 0.229 e. The van der Waals surface area contributed by atoms with Gasteiger partial charge in [-0.15, -0.1) is 0 Å². The van der Waals surface area contributed by atoms with Crippen molar-refractivity contribution in [3.05, 3.63) is 35.9 Å². The minimum absolute atomic E-state index is 0.340. The number of hydrogen-bond donors (Lipinski definition) is 1. The Balaban J connectivity index is 1.93. The van der Waals surface area contributed by atoms with Gasteiger partial charge in [-0.05, 0) is 5.56 Å². The number of hydrogen-bond acceptors (Lipinski definition) is 3. The minimum Gasteiger partial charge on any atom is -0.278 e. The molecule has 0 spiro atoms. The molecule has 16 heavy (non-hydrogen) atoms. The fraction of sp³-hybridized carbons (Fsp3) is 0.455. The van der Waals surface area contributed by atoms with Gasteiger partial charge in [0, 0.05) is 19.6 Å². The molecule has 1 aromatic rings. The van der Waals surface area contributed by atoms with Crippen molar-refractivity contribution in [2.24, 2.45) is 0 Å².